The van der Waals surface area contributed by atoms with Gasteiger partial charge in [-0.15, -0.1) is 0 Å². The number of aryl methyl sites for hydroxylation is 1. The summed E-state index contributed by atoms with van der Waals surface area (Å²) in [5, 5.41) is 1.22. The molecule has 2 aromatic carbocycles. The molecule has 3 aromatic rings. The molecular weight excluding hydrogens is 234 g/mol. The van der Waals surface area contributed by atoms with Gasteiger partial charge in [-0.3, -0.25) is 4.98 Å². The van der Waals surface area contributed by atoms with Gasteiger partial charge in [0.05, 0.1) is 5.52 Å². The molecular formula is C17H15NO. The summed E-state index contributed by atoms with van der Waals surface area (Å²) in [4.78, 5) is 4.49. The molecule has 3 heterocycles. The van der Waals surface area contributed by atoms with Crippen LogP contribution in [-0.4, -0.2) is 4.98 Å². The van der Waals surface area contributed by atoms with Crippen molar-refractivity contribution in [2.75, 3.05) is 0 Å². The number of ether oxygens (including phenoxy) is 1. The lowest BCUT2D eigenvalue weighted by atomic mass is 10.2. The van der Waals surface area contributed by atoms with Crippen molar-refractivity contribution >= 4 is 10.9 Å². The predicted molar refractivity (Wildman–Crippen MR) is 77.6 cm³/mol. The maximum absolute atomic E-state index is 5.01. The molecule has 2 bridgehead atoms. The Kier molecular flexibility index (Phi) is 3.15. The van der Waals surface area contributed by atoms with Crippen LogP contribution in [-0.2, 0) is 6.42 Å². The molecule has 0 saturated heterocycles. The summed E-state index contributed by atoms with van der Waals surface area (Å²) in [5.41, 5.74) is 2.26. The summed E-state index contributed by atoms with van der Waals surface area (Å²) in [6.07, 6.45) is 1.00. The number of hydrogen-bond acceptors (Lipinski definition) is 2. The Bertz CT molecular complexity index is 681. The summed E-state index contributed by atoms with van der Waals surface area (Å²) >= 11 is 0. The fourth-order valence-electron chi connectivity index (χ4n) is 1.98. The standard InChI is InChI=1S/C11H11N.C6H4O/c1-2-10-8-7-9-5-3-4-6-11(9)12-10;1-2-5-4-6(3-1)7-5/h3-8H,2H2,1H3;1-4H. The van der Waals surface area contributed by atoms with E-state index in [0.29, 0.717) is 0 Å². The lowest BCUT2D eigenvalue weighted by Gasteiger charge is -2.13. The van der Waals surface area contributed by atoms with Crippen LogP contribution >= 0.6 is 0 Å². The van der Waals surface area contributed by atoms with Crippen molar-refractivity contribution in [3.63, 3.8) is 0 Å². The molecule has 0 atom stereocenters. The van der Waals surface area contributed by atoms with E-state index in [1.807, 2.05) is 36.4 Å². The van der Waals surface area contributed by atoms with Gasteiger partial charge in [-0.05, 0) is 30.7 Å². The van der Waals surface area contributed by atoms with E-state index in [9.17, 15) is 0 Å². The van der Waals surface area contributed by atoms with Gasteiger partial charge in [0.1, 0.15) is 11.5 Å². The summed E-state index contributed by atoms with van der Waals surface area (Å²) in [7, 11) is 0. The van der Waals surface area contributed by atoms with Crippen LogP contribution in [0.5, 0.6) is 11.5 Å². The highest BCUT2D eigenvalue weighted by atomic mass is 16.5. The number of nitrogens with zero attached hydrogens (tertiary/aromatic N) is 1. The molecule has 0 unspecified atom stereocenters. The minimum Gasteiger partial charge on any atom is -0.457 e. The van der Waals surface area contributed by atoms with E-state index in [-0.39, 0.29) is 0 Å². The van der Waals surface area contributed by atoms with Crippen LogP contribution in [0.3, 0.4) is 0 Å². The maximum atomic E-state index is 5.01. The molecule has 0 spiro atoms. The molecule has 0 amide bonds. The number of rotatable bonds is 1. The van der Waals surface area contributed by atoms with E-state index in [0.717, 1.165) is 29.1 Å². The minimum absolute atomic E-state index is 0.984. The van der Waals surface area contributed by atoms with Gasteiger partial charge in [0.15, 0.2) is 0 Å². The quantitative estimate of drug-likeness (QED) is 0.492. The molecule has 2 aliphatic heterocycles. The highest BCUT2D eigenvalue weighted by Gasteiger charge is 2.05. The van der Waals surface area contributed by atoms with Crippen molar-refractivity contribution in [1.82, 2.24) is 4.98 Å². The first-order valence-corrected chi connectivity index (χ1v) is 6.48. The zero-order chi connectivity index (χ0) is 13.1. The Labute approximate surface area is 112 Å². The first-order valence-electron chi connectivity index (χ1n) is 6.48. The Morgan fingerprint density at radius 3 is 2.21 bits per heavy atom. The predicted octanol–water partition coefficient (Wildman–Crippen LogP) is 4.59. The van der Waals surface area contributed by atoms with Crippen molar-refractivity contribution in [2.45, 2.75) is 13.3 Å². The monoisotopic (exact) mass is 249 g/mol. The third kappa shape index (κ3) is 2.58. The van der Waals surface area contributed by atoms with Crippen LogP contribution in [0.25, 0.3) is 10.9 Å². The summed E-state index contributed by atoms with van der Waals surface area (Å²) < 4.78 is 5.01. The molecule has 2 nitrogen and oxygen atoms in total. The van der Waals surface area contributed by atoms with Crippen molar-refractivity contribution in [2.24, 2.45) is 0 Å². The summed E-state index contributed by atoms with van der Waals surface area (Å²) in [5.74, 6) is 1.97. The van der Waals surface area contributed by atoms with Gasteiger partial charge >= 0.3 is 0 Å². The average Bonchev–Trinajstić information content (AvgIpc) is 2.47. The number of aromatic nitrogens is 1. The Balaban J connectivity index is 0.000000132. The number of hydrogen-bond donors (Lipinski definition) is 0. The van der Waals surface area contributed by atoms with Gasteiger partial charge in [-0.25, -0.2) is 0 Å². The van der Waals surface area contributed by atoms with Crippen LogP contribution < -0.4 is 4.74 Å². The van der Waals surface area contributed by atoms with Crippen LogP contribution in [0.15, 0.2) is 60.7 Å². The van der Waals surface area contributed by atoms with Gasteiger partial charge in [0.25, 0.3) is 0 Å². The number of para-hydroxylation sites is 1. The lowest BCUT2D eigenvalue weighted by molar-refractivity contribution is 0.438. The van der Waals surface area contributed by atoms with E-state index in [1.54, 1.807) is 0 Å². The van der Waals surface area contributed by atoms with Gasteiger partial charge in [0, 0.05) is 17.1 Å². The fourth-order valence-corrected chi connectivity index (χ4v) is 1.98. The number of pyridine rings is 1. The summed E-state index contributed by atoms with van der Waals surface area (Å²) in [6, 6.07) is 20.3. The molecule has 94 valence electrons. The molecule has 0 saturated carbocycles. The maximum Gasteiger partial charge on any atom is 0.131 e. The van der Waals surface area contributed by atoms with Crippen molar-refractivity contribution in [1.29, 1.82) is 0 Å². The van der Waals surface area contributed by atoms with E-state index in [4.69, 9.17) is 4.74 Å². The van der Waals surface area contributed by atoms with Gasteiger partial charge in [-0.2, -0.15) is 0 Å². The molecule has 19 heavy (non-hydrogen) atoms. The zero-order valence-corrected chi connectivity index (χ0v) is 10.8. The molecule has 0 N–H and O–H groups in total. The first kappa shape index (κ1) is 11.7. The second-order valence-corrected chi connectivity index (χ2v) is 4.43. The van der Waals surface area contributed by atoms with Gasteiger partial charge < -0.3 is 4.74 Å². The number of fused-ring (bicyclic) bond motifs is 3. The Morgan fingerprint density at radius 2 is 1.63 bits per heavy atom. The molecule has 2 heteroatoms. The first-order chi connectivity index (χ1) is 9.35. The van der Waals surface area contributed by atoms with Gasteiger partial charge in [0.2, 0.25) is 0 Å². The number of benzene rings is 2. The lowest BCUT2D eigenvalue weighted by Crippen LogP contribution is -1.91. The molecule has 2 aliphatic rings. The van der Waals surface area contributed by atoms with Crippen LogP contribution in [0.1, 0.15) is 12.6 Å². The zero-order valence-electron chi connectivity index (χ0n) is 10.8. The Hall–Kier alpha value is -2.35. The molecule has 5 rings (SSSR count). The molecule has 1 aromatic heterocycles. The van der Waals surface area contributed by atoms with E-state index in [1.165, 1.54) is 5.39 Å². The minimum atomic E-state index is 0.984. The van der Waals surface area contributed by atoms with Crippen molar-refractivity contribution in [3.05, 3.63) is 66.4 Å². The second-order valence-electron chi connectivity index (χ2n) is 4.43. The average molecular weight is 249 g/mol. The van der Waals surface area contributed by atoms with Crippen molar-refractivity contribution < 1.29 is 4.74 Å². The van der Waals surface area contributed by atoms with Crippen LogP contribution in [0, 0.1) is 0 Å². The van der Waals surface area contributed by atoms with Crippen LogP contribution in [0.2, 0.25) is 0 Å². The highest BCUT2D eigenvalue weighted by molar-refractivity contribution is 5.78. The molecule has 0 aliphatic carbocycles. The van der Waals surface area contributed by atoms with Crippen molar-refractivity contribution in [3.8, 4) is 11.5 Å². The van der Waals surface area contributed by atoms with Gasteiger partial charge in [-0.1, -0.05) is 37.3 Å². The van der Waals surface area contributed by atoms with E-state index < -0.39 is 0 Å². The smallest absolute Gasteiger partial charge is 0.131 e. The normalized spacial score (nSPS) is 11.0. The summed E-state index contributed by atoms with van der Waals surface area (Å²) in [6.45, 7) is 2.12. The molecule has 0 radical (unpaired) electrons. The topological polar surface area (TPSA) is 22.1 Å². The van der Waals surface area contributed by atoms with Crippen LogP contribution in [0.4, 0.5) is 0 Å². The molecule has 0 fully saturated rings. The second kappa shape index (κ2) is 5.11. The third-order valence-electron chi connectivity index (χ3n) is 3.06. The van der Waals surface area contributed by atoms with E-state index >= 15 is 0 Å². The fraction of sp³-hybridized carbons (Fsp3) is 0.118. The third-order valence-corrected chi connectivity index (χ3v) is 3.06. The largest absolute Gasteiger partial charge is 0.457 e. The Morgan fingerprint density at radius 1 is 0.895 bits per heavy atom. The SMILES string of the molecule is CCc1ccc2ccccc2n1.c1cc2cc(c1)O2. The van der Waals surface area contributed by atoms with E-state index in [2.05, 4.69) is 36.2 Å². The highest BCUT2D eigenvalue weighted by Crippen LogP contribution is 2.32.